The molecule has 0 bridgehead atoms. The van der Waals surface area contributed by atoms with Crippen molar-refractivity contribution in [2.75, 3.05) is 5.32 Å². The van der Waals surface area contributed by atoms with E-state index in [2.05, 4.69) is 5.32 Å². The number of anilines is 1. The first-order valence-electron chi connectivity index (χ1n) is 6.52. The van der Waals surface area contributed by atoms with Gasteiger partial charge in [0.25, 0.3) is 0 Å². The van der Waals surface area contributed by atoms with Gasteiger partial charge in [-0.15, -0.1) is 0 Å². The Morgan fingerprint density at radius 2 is 1.90 bits per heavy atom. The summed E-state index contributed by atoms with van der Waals surface area (Å²) in [5.41, 5.74) is -0.121. The first-order chi connectivity index (χ1) is 9.99. The molecule has 2 N–H and O–H groups in total. The summed E-state index contributed by atoms with van der Waals surface area (Å²) in [6, 6.07) is 13.9. The molecule has 21 heavy (non-hydrogen) atoms. The molecule has 3 nitrogen and oxygen atoms in total. The summed E-state index contributed by atoms with van der Waals surface area (Å²) in [5, 5.41) is 13.8. The zero-order valence-corrected chi connectivity index (χ0v) is 12.9. The summed E-state index contributed by atoms with van der Waals surface area (Å²) >= 11 is 12.1. The van der Waals surface area contributed by atoms with E-state index in [0.29, 0.717) is 27.7 Å². The monoisotopic (exact) mass is 323 g/mol. The van der Waals surface area contributed by atoms with Gasteiger partial charge in [-0.05, 0) is 36.2 Å². The highest BCUT2D eigenvalue weighted by molar-refractivity contribution is 6.33. The van der Waals surface area contributed by atoms with Crippen LogP contribution in [0.5, 0.6) is 0 Å². The third-order valence-corrected chi connectivity index (χ3v) is 4.00. The van der Waals surface area contributed by atoms with Crippen LogP contribution in [0.15, 0.2) is 48.5 Å². The second kappa shape index (κ2) is 6.37. The maximum atomic E-state index is 11.9. The minimum atomic E-state index is -1.28. The molecule has 1 atom stereocenters. The largest absolute Gasteiger partial charge is 0.479 e. The van der Waals surface area contributed by atoms with Crippen molar-refractivity contribution in [1.82, 2.24) is 0 Å². The molecule has 0 saturated carbocycles. The van der Waals surface area contributed by atoms with Gasteiger partial charge >= 0.3 is 5.97 Å². The Bertz CT molecular complexity index is 660. The van der Waals surface area contributed by atoms with Crippen LogP contribution in [0, 0.1) is 0 Å². The van der Waals surface area contributed by atoms with E-state index < -0.39 is 11.5 Å². The highest BCUT2D eigenvalue weighted by Crippen LogP contribution is 2.34. The summed E-state index contributed by atoms with van der Waals surface area (Å²) in [5.74, 6) is -0.979. The Labute approximate surface area is 133 Å². The smallest absolute Gasteiger partial charge is 0.334 e. The van der Waals surface area contributed by atoms with Crippen molar-refractivity contribution in [3.05, 3.63) is 64.1 Å². The lowest BCUT2D eigenvalue weighted by Crippen LogP contribution is -2.43. The predicted octanol–water partition coefficient (Wildman–Crippen LogP) is 4.80. The minimum absolute atomic E-state index is 0.341. The summed E-state index contributed by atoms with van der Waals surface area (Å²) in [7, 11) is 0. The van der Waals surface area contributed by atoms with E-state index in [9.17, 15) is 9.90 Å². The number of carboxylic acid groups (broad SMARTS) is 1. The molecule has 2 aromatic rings. The number of hydrogen-bond acceptors (Lipinski definition) is 2. The number of halogens is 2. The van der Waals surface area contributed by atoms with Crippen LogP contribution >= 0.6 is 23.2 Å². The number of carbonyl (C=O) groups is 1. The standard InChI is InChI=1S/C16H15Cl2NO2/c1-2-16(15(20)21,11-6-5-7-12(17)10-11)19-14-9-4-3-8-13(14)18/h3-10,19H,2H2,1H3,(H,20,21). The van der Waals surface area contributed by atoms with Crippen molar-refractivity contribution in [3.63, 3.8) is 0 Å². The summed E-state index contributed by atoms with van der Waals surface area (Å²) in [6.45, 7) is 1.80. The fourth-order valence-corrected chi connectivity index (χ4v) is 2.61. The van der Waals surface area contributed by atoms with Gasteiger partial charge in [-0.1, -0.05) is 54.4 Å². The molecular formula is C16H15Cl2NO2. The summed E-state index contributed by atoms with van der Waals surface area (Å²) in [4.78, 5) is 11.9. The Morgan fingerprint density at radius 3 is 2.48 bits per heavy atom. The van der Waals surface area contributed by atoms with E-state index in [1.807, 2.05) is 0 Å². The average Bonchev–Trinajstić information content (AvgIpc) is 2.46. The molecular weight excluding hydrogens is 309 g/mol. The molecule has 0 amide bonds. The number of hydrogen-bond donors (Lipinski definition) is 2. The molecule has 0 saturated heterocycles. The Hall–Kier alpha value is -1.71. The normalized spacial score (nSPS) is 13.5. The van der Waals surface area contributed by atoms with E-state index in [0.717, 1.165) is 0 Å². The van der Waals surface area contributed by atoms with Gasteiger partial charge in [0.15, 0.2) is 5.54 Å². The van der Waals surface area contributed by atoms with Gasteiger partial charge < -0.3 is 10.4 Å². The first-order valence-corrected chi connectivity index (χ1v) is 7.27. The van der Waals surface area contributed by atoms with Gasteiger partial charge in [0.05, 0.1) is 10.7 Å². The molecule has 0 aliphatic heterocycles. The molecule has 0 heterocycles. The van der Waals surface area contributed by atoms with Crippen LogP contribution in [0.2, 0.25) is 10.0 Å². The van der Waals surface area contributed by atoms with Gasteiger partial charge in [-0.25, -0.2) is 4.79 Å². The minimum Gasteiger partial charge on any atom is -0.479 e. The number of carboxylic acids is 1. The van der Waals surface area contributed by atoms with Crippen molar-refractivity contribution in [2.45, 2.75) is 18.9 Å². The maximum absolute atomic E-state index is 11.9. The van der Waals surface area contributed by atoms with Crippen LogP contribution in [0.3, 0.4) is 0 Å². The first kappa shape index (κ1) is 15.7. The van der Waals surface area contributed by atoms with E-state index in [1.165, 1.54) is 0 Å². The van der Waals surface area contributed by atoms with Gasteiger partial charge in [0, 0.05) is 5.02 Å². The Balaban J connectivity index is 2.53. The van der Waals surface area contributed by atoms with Crippen molar-refractivity contribution in [2.24, 2.45) is 0 Å². The maximum Gasteiger partial charge on any atom is 0.334 e. The van der Waals surface area contributed by atoms with E-state index in [4.69, 9.17) is 23.2 Å². The predicted molar refractivity (Wildman–Crippen MR) is 86.1 cm³/mol. The molecule has 110 valence electrons. The average molecular weight is 324 g/mol. The van der Waals surface area contributed by atoms with Crippen LogP contribution < -0.4 is 5.32 Å². The highest BCUT2D eigenvalue weighted by atomic mass is 35.5. The van der Waals surface area contributed by atoms with E-state index in [-0.39, 0.29) is 0 Å². The van der Waals surface area contributed by atoms with Crippen LogP contribution in [0.4, 0.5) is 5.69 Å². The second-order valence-corrected chi connectivity index (χ2v) is 5.52. The number of aliphatic carboxylic acids is 1. The molecule has 2 aromatic carbocycles. The van der Waals surface area contributed by atoms with Crippen LogP contribution in [-0.4, -0.2) is 11.1 Å². The summed E-state index contributed by atoms with van der Waals surface area (Å²) < 4.78 is 0. The quantitative estimate of drug-likeness (QED) is 0.831. The van der Waals surface area contributed by atoms with Crippen molar-refractivity contribution in [3.8, 4) is 0 Å². The van der Waals surface area contributed by atoms with Crippen molar-refractivity contribution in [1.29, 1.82) is 0 Å². The zero-order valence-electron chi connectivity index (χ0n) is 11.4. The van der Waals surface area contributed by atoms with Crippen LogP contribution in [0.1, 0.15) is 18.9 Å². The number of rotatable bonds is 5. The molecule has 0 spiro atoms. The van der Waals surface area contributed by atoms with Crippen molar-refractivity contribution >= 4 is 34.9 Å². The fourth-order valence-electron chi connectivity index (χ4n) is 2.24. The number of nitrogens with one attached hydrogen (secondary N) is 1. The van der Waals surface area contributed by atoms with Gasteiger partial charge in [-0.2, -0.15) is 0 Å². The molecule has 0 aliphatic rings. The van der Waals surface area contributed by atoms with Crippen LogP contribution in [-0.2, 0) is 10.3 Å². The van der Waals surface area contributed by atoms with Gasteiger partial charge in [-0.3, -0.25) is 0 Å². The molecule has 5 heteroatoms. The zero-order chi connectivity index (χ0) is 15.5. The third-order valence-electron chi connectivity index (χ3n) is 3.43. The Morgan fingerprint density at radius 1 is 1.19 bits per heavy atom. The third kappa shape index (κ3) is 3.14. The highest BCUT2D eigenvalue weighted by Gasteiger charge is 2.39. The van der Waals surface area contributed by atoms with Gasteiger partial charge in [0.2, 0.25) is 0 Å². The molecule has 2 rings (SSSR count). The molecule has 1 unspecified atom stereocenters. The molecule has 0 aliphatic carbocycles. The van der Waals surface area contributed by atoms with E-state index >= 15 is 0 Å². The lowest BCUT2D eigenvalue weighted by Gasteiger charge is -2.31. The summed E-state index contributed by atoms with van der Waals surface area (Å²) in [6.07, 6.45) is 0.341. The van der Waals surface area contributed by atoms with Crippen LogP contribution in [0.25, 0.3) is 0 Å². The molecule has 0 radical (unpaired) electrons. The second-order valence-electron chi connectivity index (χ2n) is 4.68. The molecule has 0 fully saturated rings. The topological polar surface area (TPSA) is 49.3 Å². The number of benzene rings is 2. The lowest BCUT2D eigenvalue weighted by molar-refractivity contribution is -0.142. The van der Waals surface area contributed by atoms with Crippen molar-refractivity contribution < 1.29 is 9.90 Å². The van der Waals surface area contributed by atoms with Gasteiger partial charge in [0.1, 0.15) is 0 Å². The number of para-hydroxylation sites is 1. The molecule has 0 aromatic heterocycles. The SMILES string of the molecule is CCC(Nc1ccccc1Cl)(C(=O)O)c1cccc(Cl)c1. The fraction of sp³-hybridized carbons (Fsp3) is 0.188. The van der Waals surface area contributed by atoms with E-state index in [1.54, 1.807) is 55.5 Å². The Kier molecular flexibility index (Phi) is 4.76. The lowest BCUT2D eigenvalue weighted by atomic mass is 9.87.